The first-order chi connectivity index (χ1) is 21.9. The Morgan fingerprint density at radius 2 is 1.30 bits per heavy atom. The van der Waals surface area contributed by atoms with Crippen molar-refractivity contribution in [3.8, 4) is 0 Å². The summed E-state index contributed by atoms with van der Waals surface area (Å²) in [7, 11) is 4.42. The molecule has 3 aliphatic rings. The van der Waals surface area contributed by atoms with E-state index >= 15 is 0 Å². The minimum Gasteiger partial charge on any atom is -0.347 e. The molecule has 0 saturated carbocycles. The number of rotatable bonds is 4. The van der Waals surface area contributed by atoms with Gasteiger partial charge in [0, 0.05) is 41.6 Å². The first-order valence-corrected chi connectivity index (χ1v) is 16.7. The van der Waals surface area contributed by atoms with Crippen LogP contribution in [0.2, 0.25) is 0 Å². The van der Waals surface area contributed by atoms with Crippen LogP contribution < -0.4 is 4.90 Å². The molecular formula is C44H47N2+. The van der Waals surface area contributed by atoms with E-state index in [4.69, 9.17) is 0 Å². The van der Waals surface area contributed by atoms with Crippen LogP contribution in [0.3, 0.4) is 0 Å². The quantitative estimate of drug-likeness (QED) is 0.210. The van der Waals surface area contributed by atoms with Crippen molar-refractivity contribution in [3.05, 3.63) is 143 Å². The maximum Gasteiger partial charge on any atom is 0.210 e. The molecule has 0 unspecified atom stereocenters. The third-order valence-corrected chi connectivity index (χ3v) is 10.7. The van der Waals surface area contributed by atoms with E-state index in [-0.39, 0.29) is 16.2 Å². The maximum atomic E-state index is 2.41. The smallest absolute Gasteiger partial charge is 0.210 e. The van der Waals surface area contributed by atoms with E-state index in [0.717, 1.165) is 12.8 Å². The van der Waals surface area contributed by atoms with Crippen LogP contribution in [0.25, 0.3) is 21.5 Å². The lowest BCUT2D eigenvalue weighted by Gasteiger charge is -2.30. The average Bonchev–Trinajstić information content (AvgIpc) is 3.34. The Labute approximate surface area is 275 Å². The van der Waals surface area contributed by atoms with Crippen molar-refractivity contribution in [2.45, 2.75) is 65.2 Å². The molecule has 7 rings (SSSR count). The Morgan fingerprint density at radius 1 is 0.674 bits per heavy atom. The van der Waals surface area contributed by atoms with Crippen molar-refractivity contribution in [1.29, 1.82) is 0 Å². The Hall–Kier alpha value is -4.43. The second-order valence-electron chi connectivity index (χ2n) is 15.4. The monoisotopic (exact) mass is 603 g/mol. The third kappa shape index (κ3) is 4.90. The summed E-state index contributed by atoms with van der Waals surface area (Å²) in [6.45, 7) is 14.2. The lowest BCUT2D eigenvalue weighted by molar-refractivity contribution is -0.401. The molecule has 0 amide bonds. The van der Waals surface area contributed by atoms with Gasteiger partial charge in [-0.1, -0.05) is 113 Å². The van der Waals surface area contributed by atoms with Crippen molar-refractivity contribution in [3.63, 3.8) is 0 Å². The van der Waals surface area contributed by atoms with Crippen molar-refractivity contribution in [1.82, 2.24) is 0 Å². The van der Waals surface area contributed by atoms with E-state index in [1.165, 1.54) is 66.6 Å². The van der Waals surface area contributed by atoms with Gasteiger partial charge in [-0.2, -0.15) is 4.58 Å². The second-order valence-corrected chi connectivity index (χ2v) is 15.4. The number of anilines is 1. The van der Waals surface area contributed by atoms with Crippen LogP contribution in [0.4, 0.5) is 11.4 Å². The Balaban J connectivity index is 1.16. The van der Waals surface area contributed by atoms with E-state index in [2.05, 4.69) is 180 Å². The van der Waals surface area contributed by atoms with E-state index in [0.29, 0.717) is 0 Å². The summed E-state index contributed by atoms with van der Waals surface area (Å²) >= 11 is 0. The van der Waals surface area contributed by atoms with Gasteiger partial charge in [0.15, 0.2) is 5.71 Å². The molecule has 232 valence electrons. The predicted octanol–water partition coefficient (Wildman–Crippen LogP) is 11.1. The lowest BCUT2D eigenvalue weighted by Crippen LogP contribution is -2.26. The summed E-state index contributed by atoms with van der Waals surface area (Å²) in [5, 5.41) is 5.32. The fourth-order valence-corrected chi connectivity index (χ4v) is 8.63. The lowest BCUT2D eigenvalue weighted by atomic mass is 9.75. The molecule has 4 aromatic carbocycles. The fraction of sp³-hybridized carbons (Fsp3) is 0.295. The summed E-state index contributed by atoms with van der Waals surface area (Å²) in [5.41, 5.74) is 11.0. The molecule has 0 N–H and O–H groups in total. The fourth-order valence-electron chi connectivity index (χ4n) is 8.63. The molecule has 2 nitrogen and oxygen atoms in total. The number of nitrogens with zero attached hydrogens (tertiary/aromatic N) is 2. The van der Waals surface area contributed by atoms with Crippen LogP contribution in [0.15, 0.2) is 132 Å². The highest BCUT2D eigenvalue weighted by Gasteiger charge is 2.44. The molecule has 0 saturated heterocycles. The molecule has 0 fully saturated rings. The zero-order chi connectivity index (χ0) is 32.4. The summed E-state index contributed by atoms with van der Waals surface area (Å²) < 4.78 is 2.38. The number of benzene rings is 4. The third-order valence-electron chi connectivity index (χ3n) is 10.7. The van der Waals surface area contributed by atoms with Gasteiger partial charge in [-0.15, -0.1) is 0 Å². The van der Waals surface area contributed by atoms with E-state index < -0.39 is 0 Å². The molecule has 0 atom stereocenters. The van der Waals surface area contributed by atoms with Gasteiger partial charge >= 0.3 is 0 Å². The molecule has 2 heteroatoms. The van der Waals surface area contributed by atoms with Gasteiger partial charge in [0.1, 0.15) is 7.05 Å². The molecule has 2 heterocycles. The molecule has 1 aliphatic carbocycles. The zero-order valence-corrected chi connectivity index (χ0v) is 28.8. The Morgan fingerprint density at radius 3 is 2.02 bits per heavy atom. The number of likely N-dealkylation sites (N-methyl/N-ethyl adjacent to an activating group) is 1. The molecule has 4 aromatic rings. The molecule has 46 heavy (non-hydrogen) atoms. The van der Waals surface area contributed by atoms with Gasteiger partial charge in [0.05, 0.1) is 5.41 Å². The van der Waals surface area contributed by atoms with Gasteiger partial charge in [0.2, 0.25) is 5.69 Å². The van der Waals surface area contributed by atoms with Crippen LogP contribution in [-0.2, 0) is 10.8 Å². The Bertz CT molecular complexity index is 2090. The minimum absolute atomic E-state index is 0.0733. The van der Waals surface area contributed by atoms with E-state index in [9.17, 15) is 0 Å². The summed E-state index contributed by atoms with van der Waals surface area (Å²) in [5.74, 6) is 0. The maximum absolute atomic E-state index is 2.41. The average molecular weight is 604 g/mol. The first-order valence-electron chi connectivity index (χ1n) is 16.7. The van der Waals surface area contributed by atoms with Gasteiger partial charge in [-0.25, -0.2) is 0 Å². The van der Waals surface area contributed by atoms with Crippen molar-refractivity contribution in [2.75, 3.05) is 19.0 Å². The van der Waals surface area contributed by atoms with Gasteiger partial charge in [0.25, 0.3) is 0 Å². The largest absolute Gasteiger partial charge is 0.347 e. The number of fused-ring (bicyclic) bond motifs is 6. The highest BCUT2D eigenvalue weighted by molar-refractivity contribution is 6.07. The second kappa shape index (κ2) is 10.8. The molecule has 2 aliphatic heterocycles. The van der Waals surface area contributed by atoms with Gasteiger partial charge in [-0.05, 0) is 88.6 Å². The first kappa shape index (κ1) is 30.2. The van der Waals surface area contributed by atoms with Crippen LogP contribution in [-0.4, -0.2) is 24.4 Å². The summed E-state index contributed by atoms with van der Waals surface area (Å²) in [6.07, 6.45) is 18.4. The molecule has 0 aromatic heterocycles. The van der Waals surface area contributed by atoms with Gasteiger partial charge < -0.3 is 4.90 Å². The normalized spacial score (nSPS) is 21.7. The van der Waals surface area contributed by atoms with Crippen molar-refractivity contribution >= 4 is 38.6 Å². The summed E-state index contributed by atoms with van der Waals surface area (Å²) in [6, 6.07) is 26.6. The highest BCUT2D eigenvalue weighted by atomic mass is 15.2. The van der Waals surface area contributed by atoms with Crippen LogP contribution in [0, 0.1) is 5.41 Å². The van der Waals surface area contributed by atoms with E-state index in [1.807, 2.05) is 0 Å². The number of allylic oxidation sites excluding steroid dienone is 10. The Kier molecular flexibility index (Phi) is 7.12. The topological polar surface area (TPSA) is 6.25 Å². The number of hydrogen-bond donors (Lipinski definition) is 0. The highest BCUT2D eigenvalue weighted by Crippen LogP contribution is 2.50. The zero-order valence-electron chi connectivity index (χ0n) is 28.8. The van der Waals surface area contributed by atoms with Crippen molar-refractivity contribution in [2.24, 2.45) is 5.41 Å². The molecular weight excluding hydrogens is 556 g/mol. The number of hydrogen-bond acceptors (Lipinski definition) is 1. The van der Waals surface area contributed by atoms with Crippen molar-refractivity contribution < 1.29 is 4.58 Å². The van der Waals surface area contributed by atoms with Crippen LogP contribution >= 0.6 is 0 Å². The molecule has 0 spiro atoms. The van der Waals surface area contributed by atoms with E-state index in [1.54, 1.807) is 0 Å². The SMILES string of the molecule is CN1C(=CC=CC2=CC(=CC=CC3=[N+](C)c4ccc5ccccc5c4C3(C)C)CC(C)(C)C2)C(C)(C)c2c1ccc1ccccc21. The predicted molar refractivity (Wildman–Crippen MR) is 199 cm³/mol. The molecule has 0 radical (unpaired) electrons. The van der Waals surface area contributed by atoms with Crippen LogP contribution in [0.1, 0.15) is 65.5 Å². The van der Waals surface area contributed by atoms with Gasteiger partial charge in [-0.3, -0.25) is 0 Å². The summed E-state index contributed by atoms with van der Waals surface area (Å²) in [4.78, 5) is 2.38. The minimum atomic E-state index is -0.0733. The molecule has 0 bridgehead atoms. The van der Waals surface area contributed by atoms with Crippen LogP contribution in [0.5, 0.6) is 0 Å². The standard InChI is InChI=1S/C44H47N2/c1-42(2)28-30(15-13-21-38-43(3,4)40-34-19-11-9-17-32(34)23-25-36(40)45(38)7)27-31(29-42)16-14-22-39-44(5,6)41-35-20-12-10-18-33(35)24-26-37(41)46(39)8/h9-27H,28-29H2,1-8H3/q+1.